The van der Waals surface area contributed by atoms with Crippen molar-refractivity contribution in [1.82, 2.24) is 4.90 Å². The SMILES string of the molecule is CC1=NOC2(CCN(C(=O)c3ccc(C)cc3)C2)C1. The van der Waals surface area contributed by atoms with Crippen LogP contribution in [-0.2, 0) is 4.84 Å². The van der Waals surface area contributed by atoms with Gasteiger partial charge in [0.25, 0.3) is 5.91 Å². The van der Waals surface area contributed by atoms with Gasteiger partial charge < -0.3 is 9.74 Å². The highest BCUT2D eigenvalue weighted by Crippen LogP contribution is 2.34. The fourth-order valence-corrected chi connectivity index (χ4v) is 2.82. The van der Waals surface area contributed by atoms with E-state index in [0.29, 0.717) is 6.54 Å². The zero-order valence-corrected chi connectivity index (χ0v) is 11.3. The second-order valence-corrected chi connectivity index (χ2v) is 5.62. The van der Waals surface area contributed by atoms with Crippen LogP contribution < -0.4 is 0 Å². The Hall–Kier alpha value is -1.84. The minimum atomic E-state index is -0.259. The first kappa shape index (κ1) is 12.2. The summed E-state index contributed by atoms with van der Waals surface area (Å²) in [5, 5.41) is 4.03. The average molecular weight is 258 g/mol. The molecule has 4 nitrogen and oxygen atoms in total. The van der Waals surface area contributed by atoms with E-state index >= 15 is 0 Å². The van der Waals surface area contributed by atoms with E-state index in [4.69, 9.17) is 4.84 Å². The lowest BCUT2D eigenvalue weighted by atomic mass is 9.97. The molecule has 0 saturated carbocycles. The first-order chi connectivity index (χ1) is 9.08. The average Bonchev–Trinajstić information content (AvgIpc) is 2.97. The number of benzene rings is 1. The molecule has 2 aliphatic rings. The van der Waals surface area contributed by atoms with E-state index < -0.39 is 0 Å². The molecular formula is C15H18N2O2. The van der Waals surface area contributed by atoms with E-state index in [1.807, 2.05) is 43.0 Å². The molecule has 4 heteroatoms. The van der Waals surface area contributed by atoms with Crippen LogP contribution >= 0.6 is 0 Å². The van der Waals surface area contributed by atoms with Gasteiger partial charge in [-0.2, -0.15) is 0 Å². The number of nitrogens with zero attached hydrogens (tertiary/aromatic N) is 2. The quantitative estimate of drug-likeness (QED) is 0.776. The van der Waals surface area contributed by atoms with Gasteiger partial charge in [-0.25, -0.2) is 0 Å². The summed E-state index contributed by atoms with van der Waals surface area (Å²) in [6.07, 6.45) is 1.70. The molecule has 1 atom stereocenters. The van der Waals surface area contributed by atoms with Gasteiger partial charge in [0.2, 0.25) is 0 Å². The van der Waals surface area contributed by atoms with Gasteiger partial charge in [0.15, 0.2) is 5.60 Å². The Morgan fingerprint density at radius 3 is 2.68 bits per heavy atom. The largest absolute Gasteiger partial charge is 0.387 e. The summed E-state index contributed by atoms with van der Waals surface area (Å²) in [6.45, 7) is 5.38. The van der Waals surface area contributed by atoms with Gasteiger partial charge in [-0.05, 0) is 26.0 Å². The number of amides is 1. The Morgan fingerprint density at radius 2 is 2.05 bits per heavy atom. The van der Waals surface area contributed by atoms with E-state index in [-0.39, 0.29) is 11.5 Å². The molecule has 3 rings (SSSR count). The maximum absolute atomic E-state index is 12.4. The maximum Gasteiger partial charge on any atom is 0.253 e. The Balaban J connectivity index is 1.71. The Bertz CT molecular complexity index is 536. The van der Waals surface area contributed by atoms with Gasteiger partial charge in [0.05, 0.1) is 12.3 Å². The molecule has 1 unspecified atom stereocenters. The third-order valence-corrected chi connectivity index (χ3v) is 3.88. The van der Waals surface area contributed by atoms with Crippen molar-refractivity contribution < 1.29 is 9.63 Å². The number of oxime groups is 1. The molecule has 1 aromatic carbocycles. The van der Waals surface area contributed by atoms with Gasteiger partial charge in [0, 0.05) is 24.9 Å². The standard InChI is InChI=1S/C15H18N2O2/c1-11-3-5-13(6-4-11)14(18)17-8-7-15(10-17)9-12(2)16-19-15/h3-6H,7-10H2,1-2H3. The van der Waals surface area contributed by atoms with Crippen molar-refractivity contribution >= 4 is 11.6 Å². The minimum Gasteiger partial charge on any atom is -0.387 e. The lowest BCUT2D eigenvalue weighted by Crippen LogP contribution is -2.36. The highest BCUT2D eigenvalue weighted by atomic mass is 16.7. The third-order valence-electron chi connectivity index (χ3n) is 3.88. The molecule has 0 N–H and O–H groups in total. The van der Waals surface area contributed by atoms with Gasteiger partial charge in [-0.15, -0.1) is 0 Å². The predicted octanol–water partition coefficient (Wildman–Crippen LogP) is 2.38. The second-order valence-electron chi connectivity index (χ2n) is 5.62. The molecule has 1 spiro atoms. The van der Waals surface area contributed by atoms with Gasteiger partial charge in [0.1, 0.15) is 0 Å². The van der Waals surface area contributed by atoms with Crippen LogP contribution in [-0.4, -0.2) is 35.2 Å². The zero-order valence-electron chi connectivity index (χ0n) is 11.3. The number of rotatable bonds is 1. The summed E-state index contributed by atoms with van der Waals surface area (Å²) >= 11 is 0. The Morgan fingerprint density at radius 1 is 1.32 bits per heavy atom. The van der Waals surface area contributed by atoms with Crippen LogP contribution in [0.3, 0.4) is 0 Å². The molecule has 0 aliphatic carbocycles. The van der Waals surface area contributed by atoms with Crippen LogP contribution in [0.5, 0.6) is 0 Å². The number of likely N-dealkylation sites (tertiary alicyclic amines) is 1. The minimum absolute atomic E-state index is 0.0880. The lowest BCUT2D eigenvalue weighted by molar-refractivity contribution is -0.00917. The van der Waals surface area contributed by atoms with Gasteiger partial charge >= 0.3 is 0 Å². The van der Waals surface area contributed by atoms with Crippen molar-refractivity contribution in [2.75, 3.05) is 13.1 Å². The summed E-state index contributed by atoms with van der Waals surface area (Å²) in [5.41, 5.74) is 2.67. The molecule has 0 radical (unpaired) electrons. The van der Waals surface area contributed by atoms with Crippen LogP contribution in [0.4, 0.5) is 0 Å². The number of hydrogen-bond donors (Lipinski definition) is 0. The van der Waals surface area contributed by atoms with Crippen molar-refractivity contribution in [3.63, 3.8) is 0 Å². The molecule has 0 aromatic heterocycles. The smallest absolute Gasteiger partial charge is 0.253 e. The van der Waals surface area contributed by atoms with Crippen molar-refractivity contribution in [2.24, 2.45) is 5.16 Å². The fraction of sp³-hybridized carbons (Fsp3) is 0.467. The number of hydrogen-bond acceptors (Lipinski definition) is 3. The van der Waals surface area contributed by atoms with Gasteiger partial charge in [-0.1, -0.05) is 22.9 Å². The Kier molecular flexibility index (Phi) is 2.81. The molecule has 1 amide bonds. The van der Waals surface area contributed by atoms with Crippen molar-refractivity contribution in [3.05, 3.63) is 35.4 Å². The van der Waals surface area contributed by atoms with Crippen molar-refractivity contribution in [3.8, 4) is 0 Å². The molecular weight excluding hydrogens is 240 g/mol. The van der Waals surface area contributed by atoms with E-state index in [9.17, 15) is 4.79 Å². The topological polar surface area (TPSA) is 41.9 Å². The molecule has 1 aromatic rings. The summed E-state index contributed by atoms with van der Waals surface area (Å²) < 4.78 is 0. The van der Waals surface area contributed by atoms with Gasteiger partial charge in [-0.3, -0.25) is 4.79 Å². The molecule has 19 heavy (non-hydrogen) atoms. The predicted molar refractivity (Wildman–Crippen MR) is 73.2 cm³/mol. The monoisotopic (exact) mass is 258 g/mol. The fourth-order valence-electron chi connectivity index (χ4n) is 2.82. The van der Waals surface area contributed by atoms with E-state index in [2.05, 4.69) is 5.16 Å². The maximum atomic E-state index is 12.4. The second kappa shape index (κ2) is 4.37. The number of aryl methyl sites for hydroxylation is 1. The summed E-state index contributed by atoms with van der Waals surface area (Å²) in [6, 6.07) is 7.72. The van der Waals surface area contributed by atoms with E-state index in [1.165, 1.54) is 0 Å². The van der Waals surface area contributed by atoms with Crippen molar-refractivity contribution in [1.29, 1.82) is 0 Å². The van der Waals surface area contributed by atoms with E-state index in [0.717, 1.165) is 36.2 Å². The zero-order chi connectivity index (χ0) is 13.5. The van der Waals surface area contributed by atoms with Crippen LogP contribution in [0.2, 0.25) is 0 Å². The number of carbonyl (C=O) groups excluding carboxylic acids is 1. The third kappa shape index (κ3) is 2.23. The van der Waals surface area contributed by atoms with Crippen LogP contribution in [0.1, 0.15) is 35.7 Å². The molecule has 1 saturated heterocycles. The molecule has 2 aliphatic heterocycles. The molecule has 1 fully saturated rings. The molecule has 100 valence electrons. The van der Waals surface area contributed by atoms with Crippen LogP contribution in [0.25, 0.3) is 0 Å². The lowest BCUT2D eigenvalue weighted by Gasteiger charge is -2.21. The Labute approximate surface area is 113 Å². The first-order valence-corrected chi connectivity index (χ1v) is 6.66. The molecule has 0 bridgehead atoms. The van der Waals surface area contributed by atoms with E-state index in [1.54, 1.807) is 0 Å². The normalized spacial score (nSPS) is 25.6. The summed E-state index contributed by atoms with van der Waals surface area (Å²) in [5.74, 6) is 0.0880. The van der Waals surface area contributed by atoms with Crippen LogP contribution in [0, 0.1) is 6.92 Å². The first-order valence-electron chi connectivity index (χ1n) is 6.66. The highest BCUT2D eigenvalue weighted by molar-refractivity contribution is 5.94. The number of carbonyl (C=O) groups is 1. The highest BCUT2D eigenvalue weighted by Gasteiger charge is 2.45. The molecule has 2 heterocycles. The van der Waals surface area contributed by atoms with Crippen molar-refractivity contribution in [2.45, 2.75) is 32.3 Å². The van der Waals surface area contributed by atoms with Crippen LogP contribution in [0.15, 0.2) is 29.4 Å². The summed E-state index contributed by atoms with van der Waals surface area (Å²) in [7, 11) is 0. The summed E-state index contributed by atoms with van der Waals surface area (Å²) in [4.78, 5) is 19.8.